The van der Waals surface area contributed by atoms with Gasteiger partial charge in [0.1, 0.15) is 0 Å². The molecule has 0 aliphatic heterocycles. The Morgan fingerprint density at radius 1 is 0.920 bits per heavy atom. The van der Waals surface area contributed by atoms with Crippen molar-refractivity contribution in [1.29, 1.82) is 0 Å². The number of carbonyl (C=O) groups excluding carboxylic acids is 2. The first-order valence-electron chi connectivity index (χ1n) is 8.57. The maximum Gasteiger partial charge on any atom is 0.265 e. The summed E-state index contributed by atoms with van der Waals surface area (Å²) >= 11 is 0. The molecule has 0 saturated heterocycles. The molecule has 0 heterocycles. The van der Waals surface area contributed by atoms with Crippen LogP contribution >= 0.6 is 0 Å². The molecule has 0 aliphatic carbocycles. The lowest BCUT2D eigenvalue weighted by Gasteiger charge is -2.08. The fourth-order valence-electron chi connectivity index (χ4n) is 2.34. The average Bonchev–Trinajstić information content (AvgIpc) is 2.64. The Kier molecular flexibility index (Phi) is 7.16. The lowest BCUT2D eigenvalue weighted by molar-refractivity contribution is -0.119. The zero-order chi connectivity index (χ0) is 18.1. The van der Waals surface area contributed by atoms with Gasteiger partial charge in [-0.3, -0.25) is 15.0 Å². The number of amides is 2. The molecule has 3 N–H and O–H groups in total. The van der Waals surface area contributed by atoms with Gasteiger partial charge < -0.3 is 5.32 Å². The molecule has 5 heteroatoms. The van der Waals surface area contributed by atoms with Crippen molar-refractivity contribution in [3.63, 3.8) is 0 Å². The second-order valence-electron chi connectivity index (χ2n) is 5.92. The Morgan fingerprint density at radius 2 is 1.52 bits per heavy atom. The number of hydrazine groups is 1. The van der Waals surface area contributed by atoms with E-state index in [4.69, 9.17) is 0 Å². The second-order valence-corrected chi connectivity index (χ2v) is 5.92. The van der Waals surface area contributed by atoms with Gasteiger partial charge in [-0.05, 0) is 35.2 Å². The summed E-state index contributed by atoms with van der Waals surface area (Å²) in [7, 11) is 0. The number of carbonyl (C=O) groups is 2. The van der Waals surface area contributed by atoms with E-state index >= 15 is 0 Å². The van der Waals surface area contributed by atoms with Crippen molar-refractivity contribution in [1.82, 2.24) is 16.2 Å². The van der Waals surface area contributed by atoms with Crippen LogP contribution in [0.3, 0.4) is 0 Å². The fraction of sp³-hybridized carbons (Fsp3) is 0.300. The van der Waals surface area contributed by atoms with E-state index in [9.17, 15) is 9.59 Å². The largest absolute Gasteiger partial charge is 0.352 e. The molecule has 0 atom stereocenters. The molecule has 2 aromatic rings. The third-order valence-corrected chi connectivity index (χ3v) is 3.83. The number of nitrogens with one attached hydrogen (secondary N) is 3. The normalized spacial score (nSPS) is 10.3. The molecule has 0 saturated carbocycles. The topological polar surface area (TPSA) is 70.2 Å². The van der Waals surface area contributed by atoms with Gasteiger partial charge in [0.05, 0.1) is 0 Å². The van der Waals surface area contributed by atoms with Crippen molar-refractivity contribution in [2.45, 2.75) is 33.2 Å². The molecule has 132 valence electrons. The van der Waals surface area contributed by atoms with E-state index < -0.39 is 0 Å². The number of rotatable bonds is 8. The molecule has 25 heavy (non-hydrogen) atoms. The van der Waals surface area contributed by atoms with Gasteiger partial charge in [0.25, 0.3) is 5.91 Å². The Morgan fingerprint density at radius 3 is 2.08 bits per heavy atom. The first kappa shape index (κ1) is 18.7. The molecule has 5 nitrogen and oxygen atoms in total. The zero-order valence-electron chi connectivity index (χ0n) is 14.8. The van der Waals surface area contributed by atoms with E-state index in [-0.39, 0.29) is 11.8 Å². The van der Waals surface area contributed by atoms with Crippen LogP contribution in [0.2, 0.25) is 0 Å². The zero-order valence-corrected chi connectivity index (χ0v) is 14.8. The third-order valence-electron chi connectivity index (χ3n) is 3.83. The molecule has 0 fully saturated rings. The minimum atomic E-state index is -0.131. The van der Waals surface area contributed by atoms with Crippen LogP contribution in [0, 0.1) is 0 Å². The summed E-state index contributed by atoms with van der Waals surface area (Å²) in [5, 5.41) is 2.78. The highest BCUT2D eigenvalue weighted by atomic mass is 16.2. The van der Waals surface area contributed by atoms with Crippen molar-refractivity contribution in [3.05, 3.63) is 59.7 Å². The Bertz CT molecular complexity index is 694. The predicted octanol–water partition coefficient (Wildman–Crippen LogP) is 3.02. The molecule has 0 unspecified atom stereocenters. The minimum absolute atomic E-state index is 0.0397. The fourth-order valence-corrected chi connectivity index (χ4v) is 2.34. The monoisotopic (exact) mass is 339 g/mol. The van der Waals surface area contributed by atoms with E-state index in [0.717, 1.165) is 36.1 Å². The van der Waals surface area contributed by atoms with Gasteiger partial charge >= 0.3 is 0 Å². The van der Waals surface area contributed by atoms with Crippen molar-refractivity contribution in [2.75, 3.05) is 6.54 Å². The second kappa shape index (κ2) is 9.59. The summed E-state index contributed by atoms with van der Waals surface area (Å²) < 4.78 is 0. The molecule has 0 aromatic heterocycles. The van der Waals surface area contributed by atoms with Gasteiger partial charge in [-0.25, -0.2) is 5.43 Å². The summed E-state index contributed by atoms with van der Waals surface area (Å²) in [6.07, 6.45) is 2.11. The predicted molar refractivity (Wildman–Crippen MR) is 99.8 cm³/mol. The lowest BCUT2D eigenvalue weighted by atomic mass is 10.0. The highest BCUT2D eigenvalue weighted by molar-refractivity contribution is 5.94. The van der Waals surface area contributed by atoms with Crippen LogP contribution in [-0.2, 0) is 11.3 Å². The van der Waals surface area contributed by atoms with Crippen LogP contribution in [0.4, 0.5) is 0 Å². The first-order chi connectivity index (χ1) is 12.1. The number of hydrogen-bond donors (Lipinski definition) is 3. The highest BCUT2D eigenvalue weighted by Crippen LogP contribution is 2.20. The van der Waals surface area contributed by atoms with Crippen LogP contribution in [0.25, 0.3) is 11.1 Å². The summed E-state index contributed by atoms with van der Waals surface area (Å²) in [5.41, 5.74) is 9.41. The van der Waals surface area contributed by atoms with Gasteiger partial charge in [0.2, 0.25) is 5.91 Å². The Hall–Kier alpha value is -2.66. The lowest BCUT2D eigenvalue weighted by Crippen LogP contribution is -2.37. The molecule has 2 aromatic carbocycles. The van der Waals surface area contributed by atoms with Crippen LogP contribution in [0.1, 0.15) is 42.6 Å². The highest BCUT2D eigenvalue weighted by Gasteiger charge is 2.05. The van der Waals surface area contributed by atoms with Gasteiger partial charge in [-0.2, -0.15) is 0 Å². The summed E-state index contributed by atoms with van der Waals surface area (Å²) in [5.74, 6) is -0.171. The third kappa shape index (κ3) is 6.04. The van der Waals surface area contributed by atoms with Gasteiger partial charge in [0, 0.05) is 25.6 Å². The molecular formula is C20H25N3O2. The van der Waals surface area contributed by atoms with Crippen molar-refractivity contribution in [3.8, 4) is 11.1 Å². The molecule has 0 spiro atoms. The molecule has 2 amide bonds. The number of benzene rings is 2. The van der Waals surface area contributed by atoms with Crippen LogP contribution in [-0.4, -0.2) is 18.4 Å². The summed E-state index contributed by atoms with van der Waals surface area (Å²) in [4.78, 5) is 23.0. The van der Waals surface area contributed by atoms with E-state index in [0.29, 0.717) is 12.1 Å². The van der Waals surface area contributed by atoms with Gasteiger partial charge in [-0.15, -0.1) is 0 Å². The van der Waals surface area contributed by atoms with Crippen LogP contribution < -0.4 is 16.2 Å². The quantitative estimate of drug-likeness (QED) is 0.511. The minimum Gasteiger partial charge on any atom is -0.352 e. The van der Waals surface area contributed by atoms with Gasteiger partial charge in [0.15, 0.2) is 0 Å². The molecule has 2 rings (SSSR count). The number of hydrogen-bond acceptors (Lipinski definition) is 3. The van der Waals surface area contributed by atoms with Crippen molar-refractivity contribution in [2.24, 2.45) is 0 Å². The maximum absolute atomic E-state index is 12.0. The molecule has 0 radical (unpaired) electrons. The standard InChI is InChI=1S/C20H25N3O2/c1-3-4-13-22-23-20(25)19-11-9-18(10-12-19)17-7-5-16(6-8-17)14-21-15(2)24/h5-12,22H,3-4,13-14H2,1-2H3,(H,21,24)(H,23,25). The molecular weight excluding hydrogens is 314 g/mol. The summed E-state index contributed by atoms with van der Waals surface area (Å²) in [6.45, 7) is 4.91. The first-order valence-corrected chi connectivity index (χ1v) is 8.57. The number of unbranched alkanes of at least 4 members (excludes halogenated alkanes) is 1. The van der Waals surface area contributed by atoms with Crippen LogP contribution in [0.5, 0.6) is 0 Å². The SMILES string of the molecule is CCCCNNC(=O)c1ccc(-c2ccc(CNC(C)=O)cc2)cc1. The Balaban J connectivity index is 1.94. The van der Waals surface area contributed by atoms with E-state index in [1.807, 2.05) is 48.5 Å². The van der Waals surface area contributed by atoms with Crippen molar-refractivity contribution < 1.29 is 9.59 Å². The van der Waals surface area contributed by atoms with Crippen LogP contribution in [0.15, 0.2) is 48.5 Å². The molecule has 0 aliphatic rings. The van der Waals surface area contributed by atoms with Gasteiger partial charge in [-0.1, -0.05) is 49.7 Å². The smallest absolute Gasteiger partial charge is 0.265 e. The van der Waals surface area contributed by atoms with E-state index in [2.05, 4.69) is 23.1 Å². The van der Waals surface area contributed by atoms with E-state index in [1.54, 1.807) is 0 Å². The summed E-state index contributed by atoms with van der Waals surface area (Å²) in [6, 6.07) is 15.5. The Labute approximate surface area is 148 Å². The van der Waals surface area contributed by atoms with Crippen molar-refractivity contribution >= 4 is 11.8 Å². The van der Waals surface area contributed by atoms with E-state index in [1.165, 1.54) is 6.92 Å². The molecule has 0 bridgehead atoms. The average molecular weight is 339 g/mol. The maximum atomic E-state index is 12.0.